The second kappa shape index (κ2) is 6.76. The van der Waals surface area contributed by atoms with Crippen molar-refractivity contribution in [2.24, 2.45) is 0 Å². The summed E-state index contributed by atoms with van der Waals surface area (Å²) in [5.74, 6) is -0.311. The summed E-state index contributed by atoms with van der Waals surface area (Å²) in [5.41, 5.74) is 0.755. The Balaban J connectivity index is 2.34. The molecule has 0 amide bonds. The van der Waals surface area contributed by atoms with Crippen LogP contribution in [0, 0.1) is 0 Å². The third-order valence-electron chi connectivity index (χ3n) is 1.82. The van der Waals surface area contributed by atoms with Crippen LogP contribution in [0.2, 0.25) is 0 Å². The van der Waals surface area contributed by atoms with Crippen molar-refractivity contribution in [2.75, 3.05) is 6.61 Å². The van der Waals surface area contributed by atoms with E-state index in [9.17, 15) is 4.79 Å². The number of ether oxygens (including phenoxy) is 1. The lowest BCUT2D eigenvalue weighted by atomic mass is 10.3. The Morgan fingerprint density at radius 2 is 2.40 bits per heavy atom. The molecule has 0 aromatic carbocycles. The molecule has 80 valence electrons. The number of pyridine rings is 1. The molecule has 1 aromatic heterocycles. The van der Waals surface area contributed by atoms with Crippen LogP contribution in [0.1, 0.15) is 25.5 Å². The average Bonchev–Trinajstić information content (AvgIpc) is 2.28. The summed E-state index contributed by atoms with van der Waals surface area (Å²) in [5, 5.41) is 0. The van der Waals surface area contributed by atoms with Gasteiger partial charge in [0.25, 0.3) is 0 Å². The van der Waals surface area contributed by atoms with Crippen molar-refractivity contribution in [1.82, 2.24) is 4.98 Å². The first kappa shape index (κ1) is 11.4. The van der Waals surface area contributed by atoms with E-state index in [1.807, 2.05) is 18.2 Å². The first-order valence-corrected chi connectivity index (χ1v) is 5.09. The van der Waals surface area contributed by atoms with Gasteiger partial charge in [0.2, 0.25) is 0 Å². The van der Waals surface area contributed by atoms with E-state index in [0.717, 1.165) is 18.5 Å². The van der Waals surface area contributed by atoms with Crippen molar-refractivity contribution in [2.45, 2.75) is 19.8 Å². The molecule has 0 saturated carbocycles. The Kier molecular flexibility index (Phi) is 5.15. The zero-order valence-electron chi connectivity index (χ0n) is 8.85. The summed E-state index contributed by atoms with van der Waals surface area (Å²) in [6.45, 7) is 2.54. The SMILES string of the molecule is CCCCOC(=O)/C=C/c1ccccn1. The summed E-state index contributed by atoms with van der Waals surface area (Å²) in [6, 6.07) is 5.53. The van der Waals surface area contributed by atoms with E-state index in [1.165, 1.54) is 6.08 Å². The highest BCUT2D eigenvalue weighted by atomic mass is 16.5. The number of nitrogens with zero attached hydrogens (tertiary/aromatic N) is 1. The summed E-state index contributed by atoms with van der Waals surface area (Å²) >= 11 is 0. The van der Waals surface area contributed by atoms with Gasteiger partial charge in [-0.25, -0.2) is 4.79 Å². The number of unbranched alkanes of at least 4 members (excludes halogenated alkanes) is 1. The summed E-state index contributed by atoms with van der Waals surface area (Å²) < 4.78 is 4.95. The number of aromatic nitrogens is 1. The Morgan fingerprint density at radius 3 is 3.07 bits per heavy atom. The summed E-state index contributed by atoms with van der Waals surface area (Å²) in [7, 11) is 0. The van der Waals surface area contributed by atoms with Crippen molar-refractivity contribution in [3.63, 3.8) is 0 Å². The number of carbonyl (C=O) groups excluding carboxylic acids is 1. The molecule has 0 aliphatic rings. The molecule has 0 aliphatic carbocycles. The van der Waals surface area contributed by atoms with E-state index < -0.39 is 0 Å². The molecule has 0 saturated heterocycles. The minimum Gasteiger partial charge on any atom is -0.463 e. The first-order chi connectivity index (χ1) is 7.33. The fourth-order valence-corrected chi connectivity index (χ4v) is 0.993. The van der Waals surface area contributed by atoms with Crippen LogP contribution in [0.25, 0.3) is 6.08 Å². The number of hydrogen-bond acceptors (Lipinski definition) is 3. The van der Waals surface area contributed by atoms with Crippen molar-refractivity contribution in [3.8, 4) is 0 Å². The zero-order chi connectivity index (χ0) is 10.9. The standard InChI is InChI=1S/C12H15NO2/c1-2-3-10-15-12(14)8-7-11-6-4-5-9-13-11/h4-9H,2-3,10H2,1H3/b8-7+. The van der Waals surface area contributed by atoms with Gasteiger partial charge >= 0.3 is 5.97 Å². The van der Waals surface area contributed by atoms with Gasteiger partial charge in [0, 0.05) is 12.3 Å². The minimum atomic E-state index is -0.311. The first-order valence-electron chi connectivity index (χ1n) is 5.09. The van der Waals surface area contributed by atoms with Gasteiger partial charge in [0.05, 0.1) is 12.3 Å². The highest BCUT2D eigenvalue weighted by Gasteiger charge is 1.95. The summed E-state index contributed by atoms with van der Waals surface area (Å²) in [6.07, 6.45) is 6.66. The molecular formula is C12H15NO2. The maximum atomic E-state index is 11.2. The number of esters is 1. The summed E-state index contributed by atoms with van der Waals surface area (Å²) in [4.78, 5) is 15.2. The highest BCUT2D eigenvalue weighted by Crippen LogP contribution is 1.97. The van der Waals surface area contributed by atoms with Gasteiger partial charge in [-0.05, 0) is 24.6 Å². The molecule has 15 heavy (non-hydrogen) atoms. The van der Waals surface area contributed by atoms with Gasteiger partial charge < -0.3 is 4.74 Å². The van der Waals surface area contributed by atoms with Crippen LogP contribution in [0.15, 0.2) is 30.5 Å². The third kappa shape index (κ3) is 4.96. The molecule has 0 bridgehead atoms. The van der Waals surface area contributed by atoms with E-state index in [4.69, 9.17) is 4.74 Å². The normalized spacial score (nSPS) is 10.5. The lowest BCUT2D eigenvalue weighted by molar-refractivity contribution is -0.137. The van der Waals surface area contributed by atoms with Crippen molar-refractivity contribution >= 4 is 12.0 Å². The van der Waals surface area contributed by atoms with Gasteiger partial charge in [0.1, 0.15) is 0 Å². The quantitative estimate of drug-likeness (QED) is 0.421. The maximum absolute atomic E-state index is 11.2. The van der Waals surface area contributed by atoms with Crippen molar-refractivity contribution in [3.05, 3.63) is 36.2 Å². The van der Waals surface area contributed by atoms with Gasteiger partial charge in [-0.15, -0.1) is 0 Å². The minimum absolute atomic E-state index is 0.311. The Morgan fingerprint density at radius 1 is 1.53 bits per heavy atom. The number of hydrogen-bond donors (Lipinski definition) is 0. The number of rotatable bonds is 5. The second-order valence-electron chi connectivity index (χ2n) is 3.11. The van der Waals surface area contributed by atoms with Crippen LogP contribution in [0.4, 0.5) is 0 Å². The lowest BCUT2D eigenvalue weighted by Crippen LogP contribution is -2.01. The van der Waals surface area contributed by atoms with E-state index >= 15 is 0 Å². The molecular weight excluding hydrogens is 190 g/mol. The van der Waals surface area contributed by atoms with Crippen LogP contribution in [0.5, 0.6) is 0 Å². The fourth-order valence-electron chi connectivity index (χ4n) is 0.993. The Hall–Kier alpha value is -1.64. The lowest BCUT2D eigenvalue weighted by Gasteiger charge is -1.98. The molecule has 1 heterocycles. The largest absolute Gasteiger partial charge is 0.463 e. The van der Waals surface area contributed by atoms with Gasteiger partial charge in [-0.2, -0.15) is 0 Å². The monoisotopic (exact) mass is 205 g/mol. The molecule has 0 atom stereocenters. The fraction of sp³-hybridized carbons (Fsp3) is 0.333. The van der Waals surface area contributed by atoms with E-state index in [2.05, 4.69) is 11.9 Å². The van der Waals surface area contributed by atoms with Crippen LogP contribution in [-0.4, -0.2) is 17.6 Å². The highest BCUT2D eigenvalue weighted by molar-refractivity contribution is 5.86. The van der Waals surface area contributed by atoms with E-state index in [-0.39, 0.29) is 5.97 Å². The zero-order valence-corrected chi connectivity index (χ0v) is 8.85. The molecule has 0 aliphatic heterocycles. The molecule has 0 radical (unpaired) electrons. The topological polar surface area (TPSA) is 39.2 Å². The molecule has 3 heteroatoms. The average molecular weight is 205 g/mol. The van der Waals surface area contributed by atoms with E-state index in [1.54, 1.807) is 12.3 Å². The Bertz CT molecular complexity index is 320. The second-order valence-corrected chi connectivity index (χ2v) is 3.11. The molecule has 3 nitrogen and oxygen atoms in total. The van der Waals surface area contributed by atoms with Gasteiger partial charge in [0.15, 0.2) is 0 Å². The molecule has 0 spiro atoms. The molecule has 0 fully saturated rings. The van der Waals surface area contributed by atoms with E-state index in [0.29, 0.717) is 6.61 Å². The molecule has 0 N–H and O–H groups in total. The van der Waals surface area contributed by atoms with Crippen LogP contribution in [0.3, 0.4) is 0 Å². The predicted octanol–water partition coefficient (Wildman–Crippen LogP) is 2.44. The van der Waals surface area contributed by atoms with Gasteiger partial charge in [-0.1, -0.05) is 19.4 Å². The maximum Gasteiger partial charge on any atom is 0.330 e. The van der Waals surface area contributed by atoms with Crippen molar-refractivity contribution in [1.29, 1.82) is 0 Å². The molecule has 0 unspecified atom stereocenters. The van der Waals surface area contributed by atoms with Crippen LogP contribution < -0.4 is 0 Å². The van der Waals surface area contributed by atoms with Crippen LogP contribution >= 0.6 is 0 Å². The predicted molar refractivity (Wildman–Crippen MR) is 59.1 cm³/mol. The molecule has 1 rings (SSSR count). The van der Waals surface area contributed by atoms with Gasteiger partial charge in [-0.3, -0.25) is 4.98 Å². The van der Waals surface area contributed by atoms with Crippen LogP contribution in [-0.2, 0) is 9.53 Å². The third-order valence-corrected chi connectivity index (χ3v) is 1.82. The number of carbonyl (C=O) groups is 1. The molecule has 1 aromatic rings. The smallest absolute Gasteiger partial charge is 0.330 e. The van der Waals surface area contributed by atoms with Crippen molar-refractivity contribution < 1.29 is 9.53 Å². The Labute approximate surface area is 89.8 Å².